The van der Waals surface area contributed by atoms with Gasteiger partial charge in [0.1, 0.15) is 17.1 Å². The van der Waals surface area contributed by atoms with E-state index in [1.165, 1.54) is 37.4 Å². The van der Waals surface area contributed by atoms with Crippen LogP contribution >= 0.6 is 0 Å². The molecule has 0 heterocycles. The van der Waals surface area contributed by atoms with Crippen LogP contribution in [-0.4, -0.2) is 31.1 Å². The molecule has 162 valence electrons. The van der Waals surface area contributed by atoms with Crippen molar-refractivity contribution in [1.29, 1.82) is 0 Å². The van der Waals surface area contributed by atoms with Gasteiger partial charge in [-0.25, -0.2) is 4.79 Å². The van der Waals surface area contributed by atoms with Crippen molar-refractivity contribution in [2.45, 2.75) is 32.7 Å². The Kier molecular flexibility index (Phi) is 6.81. The second kappa shape index (κ2) is 8.93. The summed E-state index contributed by atoms with van der Waals surface area (Å²) in [6.07, 6.45) is -5.52. The number of anilines is 2. The third kappa shape index (κ3) is 7.19. The summed E-state index contributed by atoms with van der Waals surface area (Å²) in [4.78, 5) is 24.4. The van der Waals surface area contributed by atoms with Crippen LogP contribution in [-0.2, 0) is 4.74 Å². The predicted octanol–water partition coefficient (Wildman–Crippen LogP) is 5.19. The highest BCUT2D eigenvalue weighted by molar-refractivity contribution is 6.04. The van der Waals surface area contributed by atoms with E-state index in [4.69, 9.17) is 9.47 Å². The molecule has 0 atom stereocenters. The van der Waals surface area contributed by atoms with Gasteiger partial charge in [0.05, 0.1) is 12.8 Å². The molecule has 0 radical (unpaired) electrons. The highest BCUT2D eigenvalue weighted by Crippen LogP contribution is 2.29. The fourth-order valence-corrected chi connectivity index (χ4v) is 2.31. The Hall–Kier alpha value is -3.43. The molecule has 2 aromatic rings. The zero-order valence-electron chi connectivity index (χ0n) is 16.7. The van der Waals surface area contributed by atoms with Gasteiger partial charge in [0.2, 0.25) is 0 Å². The number of methoxy groups -OCH3 is 1. The normalized spacial score (nSPS) is 11.4. The first kappa shape index (κ1) is 22.9. The maximum Gasteiger partial charge on any atom is 0.573 e. The number of benzene rings is 2. The lowest BCUT2D eigenvalue weighted by atomic mass is 10.2. The summed E-state index contributed by atoms with van der Waals surface area (Å²) in [6.45, 7) is 5.14. The van der Waals surface area contributed by atoms with Crippen LogP contribution in [0.1, 0.15) is 31.1 Å². The Bertz CT molecular complexity index is 906. The van der Waals surface area contributed by atoms with Crippen molar-refractivity contribution in [3.05, 3.63) is 48.0 Å². The highest BCUT2D eigenvalue weighted by atomic mass is 19.4. The average molecular weight is 426 g/mol. The molecular formula is C20H21F3N2O5. The van der Waals surface area contributed by atoms with E-state index in [-0.39, 0.29) is 11.3 Å². The van der Waals surface area contributed by atoms with Gasteiger partial charge in [0.15, 0.2) is 0 Å². The van der Waals surface area contributed by atoms with Crippen LogP contribution in [0.4, 0.5) is 29.3 Å². The van der Waals surface area contributed by atoms with Crippen LogP contribution in [0.2, 0.25) is 0 Å². The molecule has 2 rings (SSSR count). The van der Waals surface area contributed by atoms with E-state index in [1.54, 1.807) is 20.8 Å². The van der Waals surface area contributed by atoms with Gasteiger partial charge in [0, 0.05) is 11.3 Å². The van der Waals surface area contributed by atoms with Crippen LogP contribution in [0.5, 0.6) is 11.5 Å². The molecule has 0 aliphatic heterocycles. The summed E-state index contributed by atoms with van der Waals surface area (Å²) < 4.78 is 50.8. The maximum atomic E-state index is 12.4. The number of carbonyl (C=O) groups is 2. The Balaban J connectivity index is 2.12. The number of alkyl halides is 3. The SMILES string of the molecule is COc1ccc(NC(=O)c2ccc(OC(F)(F)F)cc2)cc1NC(=O)OC(C)(C)C. The summed E-state index contributed by atoms with van der Waals surface area (Å²) >= 11 is 0. The first-order valence-corrected chi connectivity index (χ1v) is 8.71. The molecule has 0 unspecified atom stereocenters. The number of halogens is 3. The van der Waals surface area contributed by atoms with Crippen molar-refractivity contribution < 1.29 is 37.0 Å². The maximum absolute atomic E-state index is 12.4. The van der Waals surface area contributed by atoms with Crippen molar-refractivity contribution in [3.8, 4) is 11.5 Å². The summed E-state index contributed by atoms with van der Waals surface area (Å²) in [7, 11) is 1.42. The monoisotopic (exact) mass is 426 g/mol. The molecule has 0 aliphatic rings. The fourth-order valence-electron chi connectivity index (χ4n) is 2.31. The minimum Gasteiger partial charge on any atom is -0.495 e. The number of carbonyl (C=O) groups excluding carboxylic acids is 2. The third-order valence-corrected chi connectivity index (χ3v) is 3.44. The fraction of sp³-hybridized carbons (Fsp3) is 0.300. The molecular weight excluding hydrogens is 405 g/mol. The molecule has 2 aromatic carbocycles. The van der Waals surface area contributed by atoms with Crippen LogP contribution < -0.4 is 20.1 Å². The number of hydrogen-bond acceptors (Lipinski definition) is 5. The Labute approximate surface area is 171 Å². The van der Waals surface area contributed by atoms with Crippen LogP contribution in [0.3, 0.4) is 0 Å². The summed E-state index contributed by atoms with van der Waals surface area (Å²) in [5, 5.41) is 5.13. The summed E-state index contributed by atoms with van der Waals surface area (Å²) in [6, 6.07) is 8.99. The highest BCUT2D eigenvalue weighted by Gasteiger charge is 2.31. The molecule has 0 spiro atoms. The lowest BCUT2D eigenvalue weighted by Gasteiger charge is -2.20. The smallest absolute Gasteiger partial charge is 0.495 e. The molecule has 0 saturated carbocycles. The van der Waals surface area contributed by atoms with Gasteiger partial charge in [-0.1, -0.05) is 0 Å². The molecule has 0 fully saturated rings. The average Bonchev–Trinajstić information content (AvgIpc) is 2.59. The van der Waals surface area contributed by atoms with E-state index >= 15 is 0 Å². The van der Waals surface area contributed by atoms with Gasteiger partial charge in [-0.3, -0.25) is 10.1 Å². The summed E-state index contributed by atoms with van der Waals surface area (Å²) in [5.74, 6) is -0.665. The minimum atomic E-state index is -4.82. The van der Waals surface area contributed by atoms with Gasteiger partial charge >= 0.3 is 12.5 Å². The molecule has 2 amide bonds. The van der Waals surface area contributed by atoms with Crippen LogP contribution in [0, 0.1) is 0 Å². The van der Waals surface area contributed by atoms with Crippen molar-refractivity contribution in [2.24, 2.45) is 0 Å². The van der Waals surface area contributed by atoms with Gasteiger partial charge < -0.3 is 19.5 Å². The standard InChI is InChI=1S/C20H21F3N2O5/c1-19(2,3)30-18(27)25-15-11-13(7-10-16(15)28-4)24-17(26)12-5-8-14(9-6-12)29-20(21,22)23/h5-11H,1-4H3,(H,24,26)(H,25,27). The van der Waals surface area contributed by atoms with Gasteiger partial charge in [0.25, 0.3) is 5.91 Å². The zero-order valence-corrected chi connectivity index (χ0v) is 16.7. The molecule has 2 N–H and O–H groups in total. The Morgan fingerprint density at radius 3 is 2.10 bits per heavy atom. The predicted molar refractivity (Wildman–Crippen MR) is 104 cm³/mol. The molecule has 0 aliphatic carbocycles. The molecule has 0 aromatic heterocycles. The number of hydrogen-bond donors (Lipinski definition) is 2. The van der Waals surface area contributed by atoms with Crippen LogP contribution in [0.25, 0.3) is 0 Å². The Morgan fingerprint density at radius 1 is 0.933 bits per heavy atom. The quantitative estimate of drug-likeness (QED) is 0.687. The van der Waals surface area contributed by atoms with Crippen molar-refractivity contribution in [2.75, 3.05) is 17.7 Å². The van der Waals surface area contributed by atoms with Crippen molar-refractivity contribution in [1.82, 2.24) is 0 Å². The number of rotatable bonds is 5. The van der Waals surface area contributed by atoms with E-state index in [0.29, 0.717) is 11.4 Å². The van der Waals surface area contributed by atoms with E-state index in [0.717, 1.165) is 12.1 Å². The lowest BCUT2D eigenvalue weighted by molar-refractivity contribution is -0.274. The first-order chi connectivity index (χ1) is 13.9. The lowest BCUT2D eigenvalue weighted by Crippen LogP contribution is -2.27. The third-order valence-electron chi connectivity index (χ3n) is 3.44. The van der Waals surface area contributed by atoms with E-state index in [9.17, 15) is 22.8 Å². The number of nitrogens with one attached hydrogen (secondary N) is 2. The van der Waals surface area contributed by atoms with Gasteiger partial charge in [-0.15, -0.1) is 13.2 Å². The molecule has 7 nitrogen and oxygen atoms in total. The van der Waals surface area contributed by atoms with Crippen molar-refractivity contribution >= 4 is 23.4 Å². The van der Waals surface area contributed by atoms with E-state index in [1.807, 2.05) is 0 Å². The minimum absolute atomic E-state index is 0.113. The largest absolute Gasteiger partial charge is 0.573 e. The number of ether oxygens (including phenoxy) is 3. The number of amides is 2. The zero-order chi connectivity index (χ0) is 22.5. The van der Waals surface area contributed by atoms with Crippen LogP contribution in [0.15, 0.2) is 42.5 Å². The summed E-state index contributed by atoms with van der Waals surface area (Å²) in [5.41, 5.74) is -0.00607. The van der Waals surface area contributed by atoms with Gasteiger partial charge in [-0.05, 0) is 63.2 Å². The molecule has 0 bridgehead atoms. The molecule has 10 heteroatoms. The van der Waals surface area contributed by atoms with E-state index in [2.05, 4.69) is 15.4 Å². The molecule has 30 heavy (non-hydrogen) atoms. The molecule has 0 saturated heterocycles. The second-order valence-corrected chi connectivity index (χ2v) is 7.07. The Morgan fingerprint density at radius 2 is 1.57 bits per heavy atom. The van der Waals surface area contributed by atoms with E-state index < -0.39 is 29.7 Å². The first-order valence-electron chi connectivity index (χ1n) is 8.71. The second-order valence-electron chi connectivity index (χ2n) is 7.07. The van der Waals surface area contributed by atoms with Crippen molar-refractivity contribution in [3.63, 3.8) is 0 Å². The topological polar surface area (TPSA) is 85.9 Å². The van der Waals surface area contributed by atoms with Gasteiger partial charge in [-0.2, -0.15) is 0 Å².